The van der Waals surface area contributed by atoms with Crippen molar-refractivity contribution in [3.8, 4) is 0 Å². The SMILES string of the molecule is Cc1ccccc1CNc1ncnc2c1ncn2[C@@H]1O[C@H](CO)[C@@H](O)[C@H]1NC(=O)c1cc(Cl)cc(Cl)c1. The monoisotopic (exact) mass is 542 g/mol. The molecule has 2 aromatic heterocycles. The maximum atomic E-state index is 13.0. The van der Waals surface area contributed by atoms with E-state index in [1.807, 2.05) is 31.2 Å². The molecule has 5 rings (SSSR count). The van der Waals surface area contributed by atoms with E-state index >= 15 is 0 Å². The Hall–Kier alpha value is -3.28. The number of carbonyl (C=O) groups excluding carboxylic acids is 1. The van der Waals surface area contributed by atoms with E-state index in [4.69, 9.17) is 27.9 Å². The topological polar surface area (TPSA) is 134 Å². The van der Waals surface area contributed by atoms with E-state index in [9.17, 15) is 15.0 Å². The van der Waals surface area contributed by atoms with Crippen LogP contribution >= 0.6 is 23.2 Å². The molecule has 4 aromatic rings. The van der Waals surface area contributed by atoms with Crippen molar-refractivity contribution in [3.63, 3.8) is 0 Å². The minimum Gasteiger partial charge on any atom is -0.394 e. The number of rotatable bonds is 7. The van der Waals surface area contributed by atoms with Crippen LogP contribution in [0.25, 0.3) is 11.2 Å². The molecule has 4 N–H and O–H groups in total. The summed E-state index contributed by atoms with van der Waals surface area (Å²) in [5.41, 5.74) is 3.41. The standard InChI is InChI=1S/C25H24Cl2N6O4/c1-13-4-2-3-5-14(13)9-28-22-20-23(30-11-29-22)33(12-31-20)25-19(21(35)18(10-34)37-25)32-24(36)15-6-16(26)8-17(27)7-15/h2-8,11-12,18-19,21,25,34-35H,9-10H2,1H3,(H,32,36)(H,28,29,30)/t18-,19-,21-,25-/m1/s1. The highest BCUT2D eigenvalue weighted by Gasteiger charge is 2.46. The summed E-state index contributed by atoms with van der Waals surface area (Å²) in [6.45, 7) is 2.13. The van der Waals surface area contributed by atoms with Gasteiger partial charge in [0.25, 0.3) is 5.91 Å². The number of halogens is 2. The molecule has 0 saturated carbocycles. The molecule has 1 aliphatic rings. The van der Waals surface area contributed by atoms with Gasteiger partial charge in [0.2, 0.25) is 0 Å². The average molecular weight is 543 g/mol. The molecule has 12 heteroatoms. The number of nitrogens with one attached hydrogen (secondary N) is 2. The first kappa shape index (κ1) is 25.4. The number of amides is 1. The third-order valence-corrected chi connectivity index (χ3v) is 6.75. The van der Waals surface area contributed by atoms with Gasteiger partial charge in [-0.05, 0) is 36.2 Å². The number of aryl methyl sites for hydroxylation is 1. The van der Waals surface area contributed by atoms with Gasteiger partial charge in [-0.15, -0.1) is 0 Å². The van der Waals surface area contributed by atoms with Gasteiger partial charge in [0.05, 0.1) is 12.9 Å². The largest absolute Gasteiger partial charge is 0.394 e. The highest BCUT2D eigenvalue weighted by atomic mass is 35.5. The first-order chi connectivity index (χ1) is 17.9. The fourth-order valence-corrected chi connectivity index (χ4v) is 4.89. The Labute approximate surface area is 222 Å². The summed E-state index contributed by atoms with van der Waals surface area (Å²) in [5.74, 6) is 0.0127. The maximum Gasteiger partial charge on any atom is 0.251 e. The fraction of sp³-hybridized carbons (Fsp3) is 0.280. The molecule has 1 saturated heterocycles. The zero-order valence-electron chi connectivity index (χ0n) is 19.7. The highest BCUT2D eigenvalue weighted by molar-refractivity contribution is 6.35. The molecule has 0 spiro atoms. The number of hydrogen-bond donors (Lipinski definition) is 4. The number of imidazole rings is 1. The van der Waals surface area contributed by atoms with Crippen molar-refractivity contribution in [3.05, 3.63) is 81.9 Å². The number of aliphatic hydroxyl groups excluding tert-OH is 2. The van der Waals surface area contributed by atoms with E-state index in [0.717, 1.165) is 11.1 Å². The number of hydrogen-bond acceptors (Lipinski definition) is 8. The Morgan fingerprint density at radius 3 is 2.62 bits per heavy atom. The molecular weight excluding hydrogens is 519 g/mol. The van der Waals surface area contributed by atoms with Crippen LogP contribution in [0, 0.1) is 6.92 Å². The number of benzene rings is 2. The quantitative estimate of drug-likeness (QED) is 0.280. The van der Waals surface area contributed by atoms with Gasteiger partial charge in [0.1, 0.15) is 24.6 Å². The zero-order chi connectivity index (χ0) is 26.1. The van der Waals surface area contributed by atoms with Gasteiger partial charge in [-0.1, -0.05) is 47.5 Å². The normalized spacial score (nSPS) is 21.3. The number of fused-ring (bicyclic) bond motifs is 1. The van der Waals surface area contributed by atoms with Gasteiger partial charge in [-0.3, -0.25) is 9.36 Å². The van der Waals surface area contributed by atoms with Crippen LogP contribution in [-0.4, -0.2) is 60.5 Å². The lowest BCUT2D eigenvalue weighted by atomic mass is 10.1. The zero-order valence-corrected chi connectivity index (χ0v) is 21.2. The van der Waals surface area contributed by atoms with Crippen molar-refractivity contribution < 1.29 is 19.7 Å². The third-order valence-electron chi connectivity index (χ3n) is 6.31. The van der Waals surface area contributed by atoms with Gasteiger partial charge in [-0.25, -0.2) is 15.0 Å². The number of nitrogens with zero attached hydrogens (tertiary/aromatic N) is 4. The number of aliphatic hydroxyl groups is 2. The fourth-order valence-electron chi connectivity index (χ4n) is 4.36. The minimum atomic E-state index is -1.20. The Balaban J connectivity index is 1.43. The second-order valence-corrected chi connectivity index (χ2v) is 9.59. The molecule has 0 radical (unpaired) electrons. The Kier molecular flexibility index (Phi) is 7.27. The van der Waals surface area contributed by atoms with Crippen molar-refractivity contribution in [2.75, 3.05) is 11.9 Å². The van der Waals surface area contributed by atoms with Crippen molar-refractivity contribution in [2.45, 2.75) is 37.9 Å². The third kappa shape index (κ3) is 5.11. The Morgan fingerprint density at radius 2 is 1.89 bits per heavy atom. The predicted molar refractivity (Wildman–Crippen MR) is 139 cm³/mol. The second kappa shape index (κ2) is 10.6. The first-order valence-corrected chi connectivity index (χ1v) is 12.3. The molecule has 10 nitrogen and oxygen atoms in total. The van der Waals surface area contributed by atoms with Crippen molar-refractivity contribution in [2.24, 2.45) is 0 Å². The van der Waals surface area contributed by atoms with Crippen molar-refractivity contribution in [1.82, 2.24) is 24.8 Å². The smallest absolute Gasteiger partial charge is 0.251 e. The molecule has 3 heterocycles. The average Bonchev–Trinajstić information content (AvgIpc) is 3.44. The van der Waals surface area contributed by atoms with Crippen LogP contribution in [0.2, 0.25) is 10.0 Å². The van der Waals surface area contributed by atoms with E-state index < -0.39 is 37.0 Å². The van der Waals surface area contributed by atoms with E-state index in [0.29, 0.717) is 33.6 Å². The first-order valence-electron chi connectivity index (χ1n) is 11.5. The predicted octanol–water partition coefficient (Wildman–Crippen LogP) is 3.10. The summed E-state index contributed by atoms with van der Waals surface area (Å²) in [6.07, 6.45) is -0.139. The molecule has 37 heavy (non-hydrogen) atoms. The van der Waals surface area contributed by atoms with Crippen LogP contribution in [-0.2, 0) is 11.3 Å². The van der Waals surface area contributed by atoms with Gasteiger partial charge < -0.3 is 25.6 Å². The summed E-state index contributed by atoms with van der Waals surface area (Å²) in [5, 5.41) is 27.3. The Bertz CT molecular complexity index is 1430. The van der Waals surface area contributed by atoms with Crippen LogP contribution in [0.3, 0.4) is 0 Å². The molecule has 0 aliphatic carbocycles. The molecular formula is C25H24Cl2N6O4. The van der Waals surface area contributed by atoms with Gasteiger partial charge >= 0.3 is 0 Å². The number of ether oxygens (including phenoxy) is 1. The summed E-state index contributed by atoms with van der Waals surface area (Å²) in [7, 11) is 0. The summed E-state index contributed by atoms with van der Waals surface area (Å²) in [6, 6.07) is 11.5. The van der Waals surface area contributed by atoms with Gasteiger partial charge in [0.15, 0.2) is 23.2 Å². The van der Waals surface area contributed by atoms with E-state index in [-0.39, 0.29) is 5.56 Å². The van der Waals surface area contributed by atoms with Crippen LogP contribution in [0.5, 0.6) is 0 Å². The lowest BCUT2D eigenvalue weighted by molar-refractivity contribution is -0.0440. The molecule has 1 amide bonds. The molecule has 1 aliphatic heterocycles. The number of carbonyl (C=O) groups is 1. The van der Waals surface area contributed by atoms with Crippen molar-refractivity contribution >= 4 is 46.1 Å². The van der Waals surface area contributed by atoms with Crippen LogP contribution in [0.4, 0.5) is 5.82 Å². The molecule has 2 aromatic carbocycles. The molecule has 0 bridgehead atoms. The Morgan fingerprint density at radius 1 is 1.14 bits per heavy atom. The van der Waals surface area contributed by atoms with E-state index in [1.165, 1.54) is 30.9 Å². The lowest BCUT2D eigenvalue weighted by Gasteiger charge is -2.23. The van der Waals surface area contributed by atoms with Crippen LogP contribution in [0.1, 0.15) is 27.7 Å². The minimum absolute atomic E-state index is 0.219. The number of anilines is 1. The van der Waals surface area contributed by atoms with Crippen LogP contribution in [0.15, 0.2) is 55.1 Å². The molecule has 192 valence electrons. The summed E-state index contributed by atoms with van der Waals surface area (Å²) in [4.78, 5) is 26.2. The van der Waals surface area contributed by atoms with E-state index in [2.05, 4.69) is 25.6 Å². The van der Waals surface area contributed by atoms with Gasteiger partial charge in [-0.2, -0.15) is 0 Å². The van der Waals surface area contributed by atoms with Gasteiger partial charge in [0, 0.05) is 22.2 Å². The maximum absolute atomic E-state index is 13.0. The van der Waals surface area contributed by atoms with Crippen molar-refractivity contribution in [1.29, 1.82) is 0 Å². The number of aromatic nitrogens is 4. The van der Waals surface area contributed by atoms with E-state index in [1.54, 1.807) is 4.57 Å². The van der Waals surface area contributed by atoms with Crippen LogP contribution < -0.4 is 10.6 Å². The molecule has 4 atom stereocenters. The lowest BCUT2D eigenvalue weighted by Crippen LogP contribution is -2.46. The highest BCUT2D eigenvalue weighted by Crippen LogP contribution is 2.33. The second-order valence-electron chi connectivity index (χ2n) is 8.72. The molecule has 0 unspecified atom stereocenters. The summed E-state index contributed by atoms with van der Waals surface area (Å²) < 4.78 is 7.53. The summed E-state index contributed by atoms with van der Waals surface area (Å²) >= 11 is 12.1. The molecule has 1 fully saturated rings.